The van der Waals surface area contributed by atoms with Crippen LogP contribution in [0, 0.1) is 6.92 Å². The lowest BCUT2D eigenvalue weighted by Gasteiger charge is -2.21. The lowest BCUT2D eigenvalue weighted by atomic mass is 9.99. The number of carbonyl (C=O) groups is 1. The van der Waals surface area contributed by atoms with Gasteiger partial charge in [-0.05, 0) is 87.8 Å². The maximum atomic E-state index is 12.7. The molecule has 0 saturated carbocycles. The molecule has 4 rings (SSSR count). The Morgan fingerprint density at radius 3 is 2.61 bits per heavy atom. The molecule has 0 spiro atoms. The predicted molar refractivity (Wildman–Crippen MR) is 175 cm³/mol. The molecule has 0 unspecified atom stereocenters. The average Bonchev–Trinajstić information content (AvgIpc) is 3.53. The number of benzene rings is 2. The smallest absolute Gasteiger partial charge is 0.310 e. The third-order valence-corrected chi connectivity index (χ3v) is 8.10. The van der Waals surface area contributed by atoms with Crippen LogP contribution in [0.15, 0.2) is 48.5 Å². The van der Waals surface area contributed by atoms with Crippen LogP contribution in [0.2, 0.25) is 0 Å². The Morgan fingerprint density at radius 1 is 1.07 bits per heavy atom. The molecule has 4 N–H and O–H groups in total. The van der Waals surface area contributed by atoms with Crippen molar-refractivity contribution >= 4 is 17.7 Å². The molecule has 0 amide bonds. The molecular formula is C35H49N5O4. The SMILES string of the molecule is CCC[C@@H](CCO)Nc1nc(N)nc(C)c1Cc1ccc(CC(=O)OCCCCN2CCCC2)cc1OCc1ccccc1. The monoisotopic (exact) mass is 603 g/mol. The Hall–Kier alpha value is -3.69. The fourth-order valence-electron chi connectivity index (χ4n) is 5.70. The maximum Gasteiger partial charge on any atom is 0.310 e. The molecule has 0 bridgehead atoms. The molecule has 1 saturated heterocycles. The summed E-state index contributed by atoms with van der Waals surface area (Å²) < 4.78 is 11.9. The number of anilines is 2. The van der Waals surface area contributed by atoms with Crippen molar-refractivity contribution in [1.82, 2.24) is 14.9 Å². The fourth-order valence-corrected chi connectivity index (χ4v) is 5.70. The number of likely N-dealkylation sites (tertiary alicyclic amines) is 1. The second-order valence-corrected chi connectivity index (χ2v) is 11.7. The van der Waals surface area contributed by atoms with Gasteiger partial charge in [0.05, 0.1) is 13.0 Å². The van der Waals surface area contributed by atoms with E-state index in [1.807, 2.05) is 55.5 Å². The van der Waals surface area contributed by atoms with Crippen molar-refractivity contribution in [2.24, 2.45) is 0 Å². The summed E-state index contributed by atoms with van der Waals surface area (Å²) in [6.07, 6.45) is 7.70. The summed E-state index contributed by atoms with van der Waals surface area (Å²) in [6, 6.07) is 16.0. The van der Waals surface area contributed by atoms with Crippen molar-refractivity contribution in [2.45, 2.75) is 84.3 Å². The van der Waals surface area contributed by atoms with Crippen molar-refractivity contribution in [3.05, 3.63) is 76.5 Å². The molecule has 2 aromatic carbocycles. The number of aliphatic hydroxyl groups is 1. The third kappa shape index (κ3) is 10.5. The van der Waals surface area contributed by atoms with Crippen LogP contribution < -0.4 is 15.8 Å². The summed E-state index contributed by atoms with van der Waals surface area (Å²) >= 11 is 0. The number of hydrogen-bond donors (Lipinski definition) is 3. The molecule has 2 heterocycles. The maximum absolute atomic E-state index is 12.7. The van der Waals surface area contributed by atoms with E-state index in [2.05, 4.69) is 27.1 Å². The number of nitrogens with two attached hydrogens (primary N) is 1. The van der Waals surface area contributed by atoms with Gasteiger partial charge < -0.3 is 30.5 Å². The number of carbonyl (C=O) groups excluding carboxylic acids is 1. The van der Waals surface area contributed by atoms with Gasteiger partial charge in [-0.25, -0.2) is 4.98 Å². The number of aryl methyl sites for hydroxylation is 1. The second kappa shape index (κ2) is 17.6. The van der Waals surface area contributed by atoms with E-state index in [-0.39, 0.29) is 31.0 Å². The van der Waals surface area contributed by atoms with Gasteiger partial charge in [-0.15, -0.1) is 0 Å². The van der Waals surface area contributed by atoms with Gasteiger partial charge in [0.25, 0.3) is 0 Å². The highest BCUT2D eigenvalue weighted by molar-refractivity contribution is 5.73. The number of nitrogens with one attached hydrogen (secondary N) is 1. The zero-order chi connectivity index (χ0) is 31.1. The highest BCUT2D eigenvalue weighted by Crippen LogP contribution is 2.29. The number of rotatable bonds is 18. The molecule has 1 atom stereocenters. The summed E-state index contributed by atoms with van der Waals surface area (Å²) in [7, 11) is 0. The van der Waals surface area contributed by atoms with Crippen molar-refractivity contribution in [3.63, 3.8) is 0 Å². The summed E-state index contributed by atoms with van der Waals surface area (Å²) in [5.74, 6) is 1.35. The van der Waals surface area contributed by atoms with Crippen LogP contribution >= 0.6 is 0 Å². The van der Waals surface area contributed by atoms with Crippen LogP contribution in [0.5, 0.6) is 5.75 Å². The molecule has 1 aliphatic rings. The molecule has 238 valence electrons. The third-order valence-electron chi connectivity index (χ3n) is 8.10. The fraction of sp³-hybridized carbons (Fsp3) is 0.514. The minimum absolute atomic E-state index is 0.0693. The largest absolute Gasteiger partial charge is 0.489 e. The number of aromatic nitrogens is 2. The topological polar surface area (TPSA) is 123 Å². The van der Waals surface area contributed by atoms with Gasteiger partial charge >= 0.3 is 5.97 Å². The van der Waals surface area contributed by atoms with Gasteiger partial charge in [-0.3, -0.25) is 4.79 Å². The van der Waals surface area contributed by atoms with Crippen molar-refractivity contribution in [2.75, 3.05) is 43.9 Å². The van der Waals surface area contributed by atoms with Crippen molar-refractivity contribution in [1.29, 1.82) is 0 Å². The minimum atomic E-state index is -0.229. The average molecular weight is 604 g/mol. The Bertz CT molecular complexity index is 1310. The molecule has 0 radical (unpaired) electrons. The van der Waals surface area contributed by atoms with Gasteiger partial charge in [0.1, 0.15) is 18.2 Å². The van der Waals surface area contributed by atoms with E-state index in [9.17, 15) is 9.90 Å². The summed E-state index contributed by atoms with van der Waals surface area (Å²) in [5, 5.41) is 13.1. The normalized spacial score (nSPS) is 14.0. The Morgan fingerprint density at radius 2 is 1.86 bits per heavy atom. The standard InChI is InChI=1S/C35H49N5O4/c1-3-11-30(16-20-41)38-34-31(26(2)37-35(36)39-34)24-29-15-14-28(22-32(29)44-25-27-12-5-4-6-13-27)23-33(42)43-21-10-9-19-40-17-7-8-18-40/h4-6,12-15,22,30,41H,3,7-11,16-21,23-25H2,1-2H3,(H3,36,37,38,39)/t30-/m0/s1. The van der Waals surface area contributed by atoms with Gasteiger partial charge in [0.15, 0.2) is 0 Å². The lowest BCUT2D eigenvalue weighted by Crippen LogP contribution is -2.23. The first-order valence-corrected chi connectivity index (χ1v) is 16.1. The van der Waals surface area contributed by atoms with Crippen LogP contribution in [-0.2, 0) is 29.0 Å². The molecule has 9 nitrogen and oxygen atoms in total. The second-order valence-electron chi connectivity index (χ2n) is 11.7. The molecule has 3 aromatic rings. The van der Waals surface area contributed by atoms with E-state index in [1.54, 1.807) is 0 Å². The Labute approximate surface area is 262 Å². The molecule has 1 fully saturated rings. The van der Waals surface area contributed by atoms with Crippen molar-refractivity contribution < 1.29 is 19.4 Å². The zero-order valence-electron chi connectivity index (χ0n) is 26.4. The van der Waals surface area contributed by atoms with E-state index in [0.717, 1.165) is 60.2 Å². The van der Waals surface area contributed by atoms with E-state index in [4.69, 9.17) is 15.2 Å². The highest BCUT2D eigenvalue weighted by Gasteiger charge is 2.18. The van der Waals surface area contributed by atoms with Crippen LogP contribution in [-0.4, -0.2) is 64.8 Å². The van der Waals surface area contributed by atoms with Crippen LogP contribution in [0.3, 0.4) is 0 Å². The van der Waals surface area contributed by atoms with E-state index in [1.165, 1.54) is 25.9 Å². The Balaban J connectivity index is 1.48. The first-order chi connectivity index (χ1) is 21.4. The Kier molecular flexibility index (Phi) is 13.3. The molecule has 9 heteroatoms. The summed E-state index contributed by atoms with van der Waals surface area (Å²) in [6.45, 7) is 8.45. The van der Waals surface area contributed by atoms with Crippen LogP contribution in [0.25, 0.3) is 0 Å². The van der Waals surface area contributed by atoms with E-state index >= 15 is 0 Å². The number of nitrogens with zero attached hydrogens (tertiary/aromatic N) is 3. The minimum Gasteiger partial charge on any atom is -0.489 e. The zero-order valence-corrected chi connectivity index (χ0v) is 26.4. The van der Waals surface area contributed by atoms with Gasteiger partial charge in [0.2, 0.25) is 5.95 Å². The van der Waals surface area contributed by atoms with Gasteiger partial charge in [0, 0.05) is 30.3 Å². The molecular weight excluding hydrogens is 554 g/mol. The van der Waals surface area contributed by atoms with Crippen LogP contribution in [0.1, 0.15) is 79.8 Å². The molecule has 44 heavy (non-hydrogen) atoms. The van der Waals surface area contributed by atoms with Gasteiger partial charge in [-0.1, -0.05) is 55.8 Å². The molecule has 0 aliphatic carbocycles. The number of aliphatic hydroxyl groups excluding tert-OH is 1. The van der Waals surface area contributed by atoms with Gasteiger partial charge in [-0.2, -0.15) is 4.98 Å². The van der Waals surface area contributed by atoms with Crippen LogP contribution in [0.4, 0.5) is 11.8 Å². The lowest BCUT2D eigenvalue weighted by molar-refractivity contribution is -0.142. The predicted octanol–water partition coefficient (Wildman–Crippen LogP) is 5.46. The van der Waals surface area contributed by atoms with Crippen molar-refractivity contribution in [3.8, 4) is 5.75 Å². The quantitative estimate of drug-likeness (QED) is 0.128. The highest BCUT2D eigenvalue weighted by atomic mass is 16.5. The molecule has 1 aliphatic heterocycles. The number of nitrogen functional groups attached to an aromatic ring is 1. The summed E-state index contributed by atoms with van der Waals surface area (Å²) in [5.41, 5.74) is 10.6. The first kappa shape index (κ1) is 33.2. The number of hydrogen-bond acceptors (Lipinski definition) is 9. The number of unbranched alkanes of at least 4 members (excludes halogenated alkanes) is 1. The first-order valence-electron chi connectivity index (χ1n) is 16.1. The molecule has 1 aromatic heterocycles. The van der Waals surface area contributed by atoms with E-state index in [0.29, 0.717) is 37.6 Å². The summed E-state index contributed by atoms with van der Waals surface area (Å²) in [4.78, 5) is 24.2. The number of esters is 1. The van der Waals surface area contributed by atoms with E-state index < -0.39 is 0 Å². The number of ether oxygens (including phenoxy) is 2.